The smallest absolute Gasteiger partial charge is 0.241 e. The topological polar surface area (TPSA) is 87.5 Å². The van der Waals surface area contributed by atoms with Crippen LogP contribution in [0.4, 0.5) is 11.4 Å². The summed E-state index contributed by atoms with van der Waals surface area (Å²) in [6, 6.07) is 4.20. The minimum atomic E-state index is -0.414. The fourth-order valence-electron chi connectivity index (χ4n) is 2.35. The first-order chi connectivity index (χ1) is 9.90. The summed E-state index contributed by atoms with van der Waals surface area (Å²) in [6.45, 7) is 4.77. The number of carbonyl (C=O) groups is 2. The number of rotatable bonds is 3. The predicted octanol–water partition coefficient (Wildman–Crippen LogP) is 1.07. The zero-order valence-electron chi connectivity index (χ0n) is 12.0. The molecule has 21 heavy (non-hydrogen) atoms. The molecular weight excluding hydrogens is 292 g/mol. The molecule has 4 N–H and O–H groups in total. The van der Waals surface area contributed by atoms with Gasteiger partial charge in [0, 0.05) is 18.8 Å². The second kappa shape index (κ2) is 6.32. The second-order valence-corrected chi connectivity index (χ2v) is 5.51. The number of piperazine rings is 1. The average Bonchev–Trinajstić information content (AvgIpc) is 2.45. The van der Waals surface area contributed by atoms with E-state index in [0.717, 1.165) is 0 Å². The van der Waals surface area contributed by atoms with E-state index >= 15 is 0 Å². The standard InChI is InChI=1S/C14H19ClN4O2/c1-8-13(20)17-5-6-19(8)9(2)14(21)18-10-3-4-11(15)12(16)7-10/h3-4,7-9H,5-6,16H2,1-2H3,(H,17,20)(H,18,21). The van der Waals surface area contributed by atoms with Crippen molar-refractivity contribution in [2.45, 2.75) is 25.9 Å². The lowest BCUT2D eigenvalue weighted by Gasteiger charge is -2.36. The van der Waals surface area contributed by atoms with Gasteiger partial charge in [-0.05, 0) is 32.0 Å². The summed E-state index contributed by atoms with van der Waals surface area (Å²) in [4.78, 5) is 25.8. The molecule has 6 nitrogen and oxygen atoms in total. The molecule has 1 aromatic rings. The summed E-state index contributed by atoms with van der Waals surface area (Å²) in [7, 11) is 0. The third-order valence-electron chi connectivity index (χ3n) is 3.69. The third-order valence-corrected chi connectivity index (χ3v) is 4.03. The quantitative estimate of drug-likeness (QED) is 0.729. The van der Waals surface area contributed by atoms with E-state index in [1.807, 2.05) is 4.90 Å². The third kappa shape index (κ3) is 3.46. The van der Waals surface area contributed by atoms with Crippen LogP contribution < -0.4 is 16.4 Å². The van der Waals surface area contributed by atoms with Gasteiger partial charge in [-0.3, -0.25) is 14.5 Å². The van der Waals surface area contributed by atoms with E-state index in [0.29, 0.717) is 29.5 Å². The van der Waals surface area contributed by atoms with Gasteiger partial charge in [-0.2, -0.15) is 0 Å². The summed E-state index contributed by atoms with van der Waals surface area (Å²) < 4.78 is 0. The van der Waals surface area contributed by atoms with Gasteiger partial charge in [0.2, 0.25) is 11.8 Å². The Morgan fingerprint density at radius 3 is 2.95 bits per heavy atom. The Labute approximate surface area is 128 Å². The number of hydrogen-bond donors (Lipinski definition) is 3. The molecule has 0 radical (unpaired) electrons. The number of benzene rings is 1. The minimum absolute atomic E-state index is 0.0587. The number of hydrogen-bond acceptors (Lipinski definition) is 4. The minimum Gasteiger partial charge on any atom is -0.397 e. The van der Waals surface area contributed by atoms with Crippen LogP contribution in [0.2, 0.25) is 5.02 Å². The Kier molecular flexibility index (Phi) is 4.69. The molecule has 1 aromatic carbocycles. The zero-order chi connectivity index (χ0) is 15.6. The maximum Gasteiger partial charge on any atom is 0.241 e. The molecule has 2 amide bonds. The van der Waals surface area contributed by atoms with Crippen LogP contribution in [0.15, 0.2) is 18.2 Å². The van der Waals surface area contributed by atoms with Crippen molar-refractivity contribution in [3.63, 3.8) is 0 Å². The summed E-state index contributed by atoms with van der Waals surface area (Å²) in [6.07, 6.45) is 0. The molecule has 2 unspecified atom stereocenters. The zero-order valence-corrected chi connectivity index (χ0v) is 12.8. The number of carbonyl (C=O) groups excluding carboxylic acids is 2. The summed E-state index contributed by atoms with van der Waals surface area (Å²) in [5, 5.41) is 6.01. The van der Waals surface area contributed by atoms with Crippen molar-refractivity contribution >= 4 is 34.8 Å². The number of nitrogens with two attached hydrogens (primary N) is 1. The van der Waals surface area contributed by atoms with Gasteiger partial charge in [-0.1, -0.05) is 11.6 Å². The van der Waals surface area contributed by atoms with Crippen molar-refractivity contribution in [3.8, 4) is 0 Å². The lowest BCUT2D eigenvalue weighted by molar-refractivity contribution is -0.132. The van der Waals surface area contributed by atoms with E-state index in [4.69, 9.17) is 17.3 Å². The van der Waals surface area contributed by atoms with E-state index in [9.17, 15) is 9.59 Å². The molecule has 114 valence electrons. The maximum absolute atomic E-state index is 12.3. The molecule has 0 aromatic heterocycles. The molecule has 2 atom stereocenters. The SMILES string of the molecule is CC1C(=O)NCCN1C(C)C(=O)Nc1ccc(Cl)c(N)c1. The van der Waals surface area contributed by atoms with Gasteiger partial charge in [-0.25, -0.2) is 0 Å². The largest absolute Gasteiger partial charge is 0.397 e. The second-order valence-electron chi connectivity index (χ2n) is 5.11. The van der Waals surface area contributed by atoms with Crippen LogP contribution >= 0.6 is 11.6 Å². The summed E-state index contributed by atoms with van der Waals surface area (Å²) in [5.41, 5.74) is 6.70. The van der Waals surface area contributed by atoms with E-state index in [1.165, 1.54) is 0 Å². The predicted molar refractivity (Wildman–Crippen MR) is 83.1 cm³/mol. The monoisotopic (exact) mass is 310 g/mol. The Morgan fingerprint density at radius 2 is 2.29 bits per heavy atom. The number of amides is 2. The highest BCUT2D eigenvalue weighted by atomic mass is 35.5. The molecule has 1 saturated heterocycles. The number of nitrogens with zero attached hydrogens (tertiary/aromatic N) is 1. The first-order valence-corrected chi connectivity index (χ1v) is 7.17. The van der Waals surface area contributed by atoms with Crippen molar-refractivity contribution in [3.05, 3.63) is 23.2 Å². The van der Waals surface area contributed by atoms with Crippen LogP contribution in [0.25, 0.3) is 0 Å². The van der Waals surface area contributed by atoms with Crippen molar-refractivity contribution in [1.29, 1.82) is 0 Å². The van der Waals surface area contributed by atoms with Gasteiger partial charge >= 0.3 is 0 Å². The van der Waals surface area contributed by atoms with E-state index < -0.39 is 6.04 Å². The Bertz CT molecular complexity index is 564. The van der Waals surface area contributed by atoms with Gasteiger partial charge in [0.1, 0.15) is 0 Å². The molecule has 7 heteroatoms. The van der Waals surface area contributed by atoms with E-state index in [-0.39, 0.29) is 17.9 Å². The number of anilines is 2. The number of nitrogens with one attached hydrogen (secondary N) is 2. The molecule has 1 aliphatic heterocycles. The first kappa shape index (κ1) is 15.6. The Balaban J connectivity index is 2.05. The van der Waals surface area contributed by atoms with E-state index in [2.05, 4.69) is 10.6 Å². The summed E-state index contributed by atoms with van der Waals surface area (Å²) >= 11 is 5.85. The molecule has 0 aliphatic carbocycles. The highest BCUT2D eigenvalue weighted by Gasteiger charge is 2.32. The van der Waals surface area contributed by atoms with Crippen LogP contribution in [0, 0.1) is 0 Å². The van der Waals surface area contributed by atoms with Crippen LogP contribution in [0.1, 0.15) is 13.8 Å². The van der Waals surface area contributed by atoms with Crippen LogP contribution in [-0.4, -0.2) is 41.9 Å². The molecule has 0 saturated carbocycles. The lowest BCUT2D eigenvalue weighted by atomic mass is 10.1. The van der Waals surface area contributed by atoms with Crippen molar-refractivity contribution < 1.29 is 9.59 Å². The molecule has 1 heterocycles. The molecule has 0 bridgehead atoms. The highest BCUT2D eigenvalue weighted by Crippen LogP contribution is 2.22. The van der Waals surface area contributed by atoms with Gasteiger partial charge in [0.25, 0.3) is 0 Å². The highest BCUT2D eigenvalue weighted by molar-refractivity contribution is 6.33. The van der Waals surface area contributed by atoms with Crippen molar-refractivity contribution in [1.82, 2.24) is 10.2 Å². The number of nitrogen functional groups attached to an aromatic ring is 1. The molecule has 1 fully saturated rings. The Morgan fingerprint density at radius 1 is 1.57 bits per heavy atom. The molecule has 0 spiro atoms. The fourth-order valence-corrected chi connectivity index (χ4v) is 2.47. The summed E-state index contributed by atoms with van der Waals surface area (Å²) in [5.74, 6) is -0.241. The van der Waals surface area contributed by atoms with Crippen molar-refractivity contribution in [2.75, 3.05) is 24.1 Å². The van der Waals surface area contributed by atoms with Gasteiger partial charge < -0.3 is 16.4 Å². The van der Waals surface area contributed by atoms with Gasteiger partial charge in [-0.15, -0.1) is 0 Å². The van der Waals surface area contributed by atoms with E-state index in [1.54, 1.807) is 32.0 Å². The van der Waals surface area contributed by atoms with Crippen LogP contribution in [0.5, 0.6) is 0 Å². The Hall–Kier alpha value is -1.79. The molecular formula is C14H19ClN4O2. The van der Waals surface area contributed by atoms with Gasteiger partial charge in [0.05, 0.1) is 22.8 Å². The van der Waals surface area contributed by atoms with Crippen LogP contribution in [-0.2, 0) is 9.59 Å². The maximum atomic E-state index is 12.3. The average molecular weight is 311 g/mol. The van der Waals surface area contributed by atoms with Gasteiger partial charge in [0.15, 0.2) is 0 Å². The normalized spacial score (nSPS) is 20.7. The van der Waals surface area contributed by atoms with Crippen molar-refractivity contribution in [2.24, 2.45) is 0 Å². The molecule has 2 rings (SSSR count). The number of halogens is 1. The molecule has 1 aliphatic rings. The fraction of sp³-hybridized carbons (Fsp3) is 0.429. The lowest BCUT2D eigenvalue weighted by Crippen LogP contribution is -2.58. The van der Waals surface area contributed by atoms with Crippen LogP contribution in [0.3, 0.4) is 0 Å². The first-order valence-electron chi connectivity index (χ1n) is 6.79.